The summed E-state index contributed by atoms with van der Waals surface area (Å²) in [7, 11) is 0. The Morgan fingerprint density at radius 2 is 2.21 bits per heavy atom. The third-order valence-electron chi connectivity index (χ3n) is 4.06. The van der Waals surface area contributed by atoms with Crippen molar-refractivity contribution in [3.8, 4) is 0 Å². The van der Waals surface area contributed by atoms with Gasteiger partial charge in [0.2, 0.25) is 11.0 Å². The average molecular weight is 285 g/mol. The quantitative estimate of drug-likeness (QED) is 0.499. The van der Waals surface area contributed by atoms with Gasteiger partial charge in [-0.05, 0) is 18.8 Å². The van der Waals surface area contributed by atoms with Gasteiger partial charge in [-0.3, -0.25) is 10.1 Å². The van der Waals surface area contributed by atoms with Crippen LogP contribution in [-0.4, -0.2) is 39.2 Å². The lowest BCUT2D eigenvalue weighted by molar-refractivity contribution is -0.384. The molecule has 3 rings (SSSR count). The van der Waals surface area contributed by atoms with E-state index in [2.05, 4.69) is 9.97 Å². The first kappa shape index (κ1) is 12.6. The van der Waals surface area contributed by atoms with Crippen molar-refractivity contribution < 1.29 is 10.0 Å². The Hall–Kier alpha value is -1.47. The van der Waals surface area contributed by atoms with Crippen molar-refractivity contribution >= 4 is 23.1 Å². The van der Waals surface area contributed by atoms with Gasteiger partial charge in [0.1, 0.15) is 6.33 Å². The predicted molar refractivity (Wildman–Crippen MR) is 68.1 cm³/mol. The summed E-state index contributed by atoms with van der Waals surface area (Å²) in [6.07, 6.45) is 2.69. The number of aliphatic hydroxyl groups is 1. The van der Waals surface area contributed by atoms with Crippen LogP contribution in [-0.2, 0) is 0 Å². The van der Waals surface area contributed by atoms with Crippen LogP contribution in [0.4, 0.5) is 11.5 Å². The van der Waals surface area contributed by atoms with E-state index in [1.807, 2.05) is 4.90 Å². The van der Waals surface area contributed by atoms with E-state index in [1.54, 1.807) is 0 Å². The Labute approximate surface area is 114 Å². The minimum Gasteiger partial charge on any atom is -0.393 e. The number of hydrogen-bond acceptors (Lipinski definition) is 6. The summed E-state index contributed by atoms with van der Waals surface area (Å²) in [5.74, 6) is 0.809. The second-order valence-electron chi connectivity index (χ2n) is 5.07. The third-order valence-corrected chi connectivity index (χ3v) is 4.34. The van der Waals surface area contributed by atoms with Gasteiger partial charge in [0.15, 0.2) is 0 Å². The largest absolute Gasteiger partial charge is 0.393 e. The fraction of sp³-hybridized carbons (Fsp3) is 0.636. The Morgan fingerprint density at radius 1 is 1.42 bits per heavy atom. The summed E-state index contributed by atoms with van der Waals surface area (Å²) >= 11 is 5.78. The van der Waals surface area contributed by atoms with E-state index in [1.165, 1.54) is 6.33 Å². The molecule has 0 spiro atoms. The van der Waals surface area contributed by atoms with Crippen LogP contribution in [0.15, 0.2) is 6.33 Å². The van der Waals surface area contributed by atoms with Crippen LogP contribution in [0.2, 0.25) is 5.15 Å². The van der Waals surface area contributed by atoms with Crippen molar-refractivity contribution in [1.82, 2.24) is 9.97 Å². The van der Waals surface area contributed by atoms with Crippen molar-refractivity contribution in [2.45, 2.75) is 18.9 Å². The van der Waals surface area contributed by atoms with Gasteiger partial charge >= 0.3 is 5.69 Å². The minimum atomic E-state index is -0.553. The first-order valence-corrected chi connectivity index (χ1v) is 6.53. The van der Waals surface area contributed by atoms with E-state index in [0.717, 1.165) is 12.8 Å². The molecule has 1 aromatic rings. The molecule has 8 heteroatoms. The van der Waals surface area contributed by atoms with Crippen LogP contribution in [0, 0.1) is 22.0 Å². The number of halogens is 1. The van der Waals surface area contributed by atoms with E-state index in [4.69, 9.17) is 11.6 Å². The highest BCUT2D eigenvalue weighted by atomic mass is 35.5. The minimum absolute atomic E-state index is 0.146. The standard InChI is InChI=1S/C11H13ClN4O3/c12-10-9(16(18)19)11(14-5-13-10)15-3-6-1-2-8(17)7(6)4-15/h5-8,17H,1-4H2. The first-order chi connectivity index (χ1) is 9.08. The van der Waals surface area contributed by atoms with E-state index in [9.17, 15) is 15.2 Å². The molecule has 3 atom stereocenters. The number of hydrogen-bond donors (Lipinski definition) is 1. The highest BCUT2D eigenvalue weighted by Gasteiger charge is 2.44. The molecule has 2 fully saturated rings. The summed E-state index contributed by atoms with van der Waals surface area (Å²) in [5.41, 5.74) is -0.251. The zero-order valence-electron chi connectivity index (χ0n) is 10.1. The lowest BCUT2D eigenvalue weighted by Crippen LogP contribution is -2.26. The lowest BCUT2D eigenvalue weighted by Gasteiger charge is -2.18. The summed E-state index contributed by atoms with van der Waals surface area (Å²) in [4.78, 5) is 20.0. The number of anilines is 1. The second kappa shape index (κ2) is 4.57. The monoisotopic (exact) mass is 284 g/mol. The zero-order chi connectivity index (χ0) is 13.6. The predicted octanol–water partition coefficient (Wildman–Crippen LogP) is 1.25. The Morgan fingerprint density at radius 3 is 2.89 bits per heavy atom. The van der Waals surface area contributed by atoms with Crippen LogP contribution < -0.4 is 4.90 Å². The average Bonchev–Trinajstić information content (AvgIpc) is 2.91. The van der Waals surface area contributed by atoms with Gasteiger partial charge in [-0.1, -0.05) is 11.6 Å². The maximum atomic E-state index is 11.1. The second-order valence-corrected chi connectivity index (χ2v) is 5.43. The zero-order valence-corrected chi connectivity index (χ0v) is 10.8. The molecule has 102 valence electrons. The van der Waals surface area contributed by atoms with Crippen LogP contribution in [0.25, 0.3) is 0 Å². The Bertz CT molecular complexity index is 527. The fourth-order valence-electron chi connectivity index (χ4n) is 3.15. The van der Waals surface area contributed by atoms with Crippen molar-refractivity contribution in [2.24, 2.45) is 11.8 Å². The van der Waals surface area contributed by atoms with Crippen molar-refractivity contribution in [1.29, 1.82) is 0 Å². The fourth-order valence-corrected chi connectivity index (χ4v) is 3.34. The smallest absolute Gasteiger partial charge is 0.348 e. The first-order valence-electron chi connectivity index (χ1n) is 6.16. The summed E-state index contributed by atoms with van der Waals surface area (Å²) in [6.45, 7) is 1.26. The van der Waals surface area contributed by atoms with E-state index in [-0.39, 0.29) is 28.7 Å². The van der Waals surface area contributed by atoms with Crippen LogP contribution in [0.5, 0.6) is 0 Å². The summed E-state index contributed by atoms with van der Waals surface area (Å²) in [5, 5.41) is 20.8. The van der Waals surface area contributed by atoms with Gasteiger partial charge in [0, 0.05) is 19.0 Å². The molecule has 1 aliphatic heterocycles. The highest BCUT2D eigenvalue weighted by molar-refractivity contribution is 6.31. The maximum absolute atomic E-state index is 11.1. The van der Waals surface area contributed by atoms with Gasteiger partial charge in [-0.25, -0.2) is 9.97 Å². The summed E-state index contributed by atoms with van der Waals surface area (Å²) in [6, 6.07) is 0. The van der Waals surface area contributed by atoms with Crippen LogP contribution in [0.1, 0.15) is 12.8 Å². The van der Waals surface area contributed by atoms with Crippen LogP contribution in [0.3, 0.4) is 0 Å². The third kappa shape index (κ3) is 2.02. The molecule has 1 aromatic heterocycles. The number of nitro groups is 1. The van der Waals surface area contributed by atoms with Crippen LogP contribution >= 0.6 is 11.6 Å². The maximum Gasteiger partial charge on any atom is 0.348 e. The number of aliphatic hydroxyl groups excluding tert-OH is 1. The molecule has 1 saturated heterocycles. The molecule has 0 bridgehead atoms. The van der Waals surface area contributed by atoms with Crippen molar-refractivity contribution in [2.75, 3.05) is 18.0 Å². The van der Waals surface area contributed by atoms with E-state index >= 15 is 0 Å². The number of fused-ring (bicyclic) bond motifs is 1. The molecule has 1 aliphatic carbocycles. The van der Waals surface area contributed by atoms with Gasteiger partial charge in [0.05, 0.1) is 11.0 Å². The lowest BCUT2D eigenvalue weighted by atomic mass is 10.00. The molecule has 1 N–H and O–H groups in total. The highest BCUT2D eigenvalue weighted by Crippen LogP contribution is 2.42. The SMILES string of the molecule is O=[N+]([O-])c1c(Cl)ncnc1N1CC2CCC(O)C2C1. The molecule has 1 saturated carbocycles. The molecule has 2 heterocycles. The van der Waals surface area contributed by atoms with Crippen molar-refractivity contribution in [3.63, 3.8) is 0 Å². The van der Waals surface area contributed by atoms with Gasteiger partial charge in [-0.15, -0.1) is 0 Å². The molecule has 0 amide bonds. The number of aromatic nitrogens is 2. The molecular weight excluding hydrogens is 272 g/mol. The molecule has 7 nitrogen and oxygen atoms in total. The molecule has 19 heavy (non-hydrogen) atoms. The normalized spacial score (nSPS) is 29.6. The molecular formula is C11H13ClN4O3. The van der Waals surface area contributed by atoms with E-state index < -0.39 is 4.92 Å². The molecule has 0 aromatic carbocycles. The van der Waals surface area contributed by atoms with Gasteiger partial charge < -0.3 is 10.0 Å². The molecule has 3 unspecified atom stereocenters. The Balaban J connectivity index is 1.92. The number of rotatable bonds is 2. The Kier molecular flexibility index (Phi) is 3.02. The van der Waals surface area contributed by atoms with Gasteiger partial charge in [-0.2, -0.15) is 0 Å². The topological polar surface area (TPSA) is 92.4 Å². The van der Waals surface area contributed by atoms with Gasteiger partial charge in [0.25, 0.3) is 0 Å². The summed E-state index contributed by atoms with van der Waals surface area (Å²) < 4.78 is 0. The van der Waals surface area contributed by atoms with Crippen molar-refractivity contribution in [3.05, 3.63) is 21.6 Å². The van der Waals surface area contributed by atoms with E-state index in [0.29, 0.717) is 19.0 Å². The molecule has 2 aliphatic rings. The molecule has 0 radical (unpaired) electrons. The number of nitrogens with zero attached hydrogens (tertiary/aromatic N) is 4.